The van der Waals surface area contributed by atoms with Crippen LogP contribution in [0.4, 0.5) is 0 Å². The zero-order chi connectivity index (χ0) is 23.9. The summed E-state index contributed by atoms with van der Waals surface area (Å²) in [4.78, 5) is 70.2. The lowest BCUT2D eigenvalue weighted by Gasteiger charge is -2.31. The Morgan fingerprint density at radius 2 is 1.16 bits per heavy atom. The third-order valence-corrected chi connectivity index (χ3v) is 4.27. The SMILES string of the molecule is CC(=O)N[C@H]1[C@H](OC(C)=O)[C@@H](OC(C)=O)[C@H](OC(C)=O)[C@H]1[C@H](COC(C)=O)OC(C)=O. The number of hydrogen-bond acceptors (Lipinski definition) is 11. The van der Waals surface area contributed by atoms with Gasteiger partial charge in [-0.2, -0.15) is 0 Å². The van der Waals surface area contributed by atoms with Gasteiger partial charge in [-0.05, 0) is 0 Å². The van der Waals surface area contributed by atoms with Crippen molar-refractivity contribution in [3.8, 4) is 0 Å². The predicted molar refractivity (Wildman–Crippen MR) is 99.9 cm³/mol. The fourth-order valence-electron chi connectivity index (χ4n) is 3.52. The normalized spacial score (nSPS) is 25.5. The van der Waals surface area contributed by atoms with Crippen LogP contribution < -0.4 is 5.32 Å². The first-order valence-electron chi connectivity index (χ1n) is 9.42. The van der Waals surface area contributed by atoms with E-state index >= 15 is 0 Å². The van der Waals surface area contributed by atoms with Gasteiger partial charge in [0.2, 0.25) is 5.91 Å². The first-order chi connectivity index (χ1) is 14.3. The lowest BCUT2D eigenvalue weighted by Crippen LogP contribution is -2.51. The van der Waals surface area contributed by atoms with E-state index in [2.05, 4.69) is 5.32 Å². The van der Waals surface area contributed by atoms with Gasteiger partial charge in [0.25, 0.3) is 0 Å². The Morgan fingerprint density at radius 1 is 0.677 bits per heavy atom. The number of carbonyl (C=O) groups excluding carboxylic acids is 6. The highest BCUT2D eigenvalue weighted by Gasteiger charge is 2.60. The van der Waals surface area contributed by atoms with Crippen molar-refractivity contribution >= 4 is 35.8 Å². The molecule has 1 aliphatic carbocycles. The molecule has 1 amide bonds. The lowest BCUT2D eigenvalue weighted by molar-refractivity contribution is -0.180. The Kier molecular flexibility index (Phi) is 9.41. The van der Waals surface area contributed by atoms with E-state index in [-0.39, 0.29) is 0 Å². The molecule has 0 spiro atoms. The maximum absolute atomic E-state index is 11.9. The van der Waals surface area contributed by atoms with E-state index < -0.39 is 78.7 Å². The summed E-state index contributed by atoms with van der Waals surface area (Å²) in [6, 6.07) is -1.12. The standard InChI is InChI=1S/C19H27NO11/c1-8(21)20-16-15(14(28-10(3)23)7-27-9(2)22)17(29-11(4)24)19(31-13(6)26)18(16)30-12(5)25/h14-19H,7H2,1-6H3,(H,20,21)/t14-,15-,16+,17+,18-,19-/m0/s1. The molecule has 0 bridgehead atoms. The molecule has 1 aliphatic rings. The molecule has 0 unspecified atom stereocenters. The second-order valence-corrected chi connectivity index (χ2v) is 6.98. The number of amides is 1. The van der Waals surface area contributed by atoms with Crippen LogP contribution in [0.15, 0.2) is 0 Å². The quantitative estimate of drug-likeness (QED) is 0.375. The molecule has 1 N–H and O–H groups in total. The van der Waals surface area contributed by atoms with Crippen LogP contribution in [0.25, 0.3) is 0 Å². The number of esters is 5. The number of ether oxygens (including phenoxy) is 5. The molecular weight excluding hydrogens is 418 g/mol. The Hall–Kier alpha value is -3.18. The second kappa shape index (κ2) is 11.3. The van der Waals surface area contributed by atoms with Crippen LogP contribution >= 0.6 is 0 Å². The summed E-state index contributed by atoms with van der Waals surface area (Å²) in [5.41, 5.74) is 0. The van der Waals surface area contributed by atoms with Gasteiger partial charge in [-0.25, -0.2) is 0 Å². The summed E-state index contributed by atoms with van der Waals surface area (Å²) in [6.07, 6.45) is -5.15. The van der Waals surface area contributed by atoms with Gasteiger partial charge in [-0.3, -0.25) is 28.8 Å². The van der Waals surface area contributed by atoms with E-state index in [9.17, 15) is 28.8 Å². The molecule has 0 aromatic carbocycles. The lowest BCUT2D eigenvalue weighted by atomic mass is 9.94. The van der Waals surface area contributed by atoms with Crippen LogP contribution in [-0.2, 0) is 52.5 Å². The summed E-state index contributed by atoms with van der Waals surface area (Å²) in [5.74, 6) is -5.37. The van der Waals surface area contributed by atoms with Gasteiger partial charge in [-0.1, -0.05) is 0 Å². The van der Waals surface area contributed by atoms with Crippen molar-refractivity contribution in [2.45, 2.75) is 72.0 Å². The molecule has 0 aromatic heterocycles. The minimum absolute atomic E-state index is 0.451. The first kappa shape index (κ1) is 25.9. The van der Waals surface area contributed by atoms with Gasteiger partial charge in [0.05, 0.1) is 12.0 Å². The number of rotatable bonds is 8. The van der Waals surface area contributed by atoms with Gasteiger partial charge < -0.3 is 29.0 Å². The van der Waals surface area contributed by atoms with Crippen LogP contribution in [0.3, 0.4) is 0 Å². The fourth-order valence-corrected chi connectivity index (χ4v) is 3.52. The van der Waals surface area contributed by atoms with E-state index in [1.54, 1.807) is 0 Å². The van der Waals surface area contributed by atoms with Crippen LogP contribution in [0.2, 0.25) is 0 Å². The van der Waals surface area contributed by atoms with E-state index in [0.29, 0.717) is 0 Å². The number of nitrogens with one attached hydrogen (secondary N) is 1. The molecule has 0 heterocycles. The summed E-state index contributed by atoms with van der Waals surface area (Å²) < 4.78 is 26.1. The summed E-state index contributed by atoms with van der Waals surface area (Å²) in [6.45, 7) is 6.28. The molecule has 12 heteroatoms. The molecule has 0 aromatic rings. The van der Waals surface area contributed by atoms with E-state index in [1.807, 2.05) is 0 Å². The van der Waals surface area contributed by atoms with Crippen LogP contribution in [0.1, 0.15) is 41.5 Å². The van der Waals surface area contributed by atoms with Crippen molar-refractivity contribution in [1.82, 2.24) is 5.32 Å². The Bertz CT molecular complexity index is 692. The highest BCUT2D eigenvalue weighted by atomic mass is 16.6. The molecule has 12 nitrogen and oxygen atoms in total. The molecule has 31 heavy (non-hydrogen) atoms. The minimum atomic E-state index is -1.33. The topological polar surface area (TPSA) is 161 Å². The molecule has 1 saturated carbocycles. The monoisotopic (exact) mass is 445 g/mol. The van der Waals surface area contributed by atoms with Crippen molar-refractivity contribution in [3.63, 3.8) is 0 Å². The Labute approximate surface area is 178 Å². The minimum Gasteiger partial charge on any atom is -0.462 e. The Balaban J connectivity index is 3.58. The van der Waals surface area contributed by atoms with Crippen LogP contribution in [0, 0.1) is 5.92 Å². The van der Waals surface area contributed by atoms with E-state index in [1.165, 1.54) is 6.92 Å². The number of hydrogen-bond donors (Lipinski definition) is 1. The zero-order valence-corrected chi connectivity index (χ0v) is 18.2. The molecule has 0 radical (unpaired) electrons. The highest BCUT2D eigenvalue weighted by molar-refractivity contribution is 5.74. The van der Waals surface area contributed by atoms with Crippen molar-refractivity contribution in [2.75, 3.05) is 6.61 Å². The van der Waals surface area contributed by atoms with E-state index in [4.69, 9.17) is 23.7 Å². The molecule has 174 valence electrons. The fraction of sp³-hybridized carbons (Fsp3) is 0.684. The smallest absolute Gasteiger partial charge is 0.303 e. The average molecular weight is 445 g/mol. The van der Waals surface area contributed by atoms with Gasteiger partial charge in [0, 0.05) is 41.5 Å². The third-order valence-electron chi connectivity index (χ3n) is 4.27. The van der Waals surface area contributed by atoms with E-state index in [0.717, 1.165) is 34.6 Å². The maximum Gasteiger partial charge on any atom is 0.303 e. The predicted octanol–water partition coefficient (Wildman–Crippen LogP) is -0.589. The largest absolute Gasteiger partial charge is 0.462 e. The van der Waals surface area contributed by atoms with Crippen molar-refractivity contribution in [1.29, 1.82) is 0 Å². The molecule has 6 atom stereocenters. The third kappa shape index (κ3) is 7.87. The Morgan fingerprint density at radius 3 is 1.58 bits per heavy atom. The average Bonchev–Trinajstić information content (AvgIpc) is 2.82. The molecule has 0 saturated heterocycles. The van der Waals surface area contributed by atoms with Gasteiger partial charge >= 0.3 is 29.8 Å². The summed E-state index contributed by atoms with van der Waals surface area (Å²) in [7, 11) is 0. The highest BCUT2D eigenvalue weighted by Crippen LogP contribution is 2.38. The van der Waals surface area contributed by atoms with Gasteiger partial charge in [0.1, 0.15) is 12.7 Å². The summed E-state index contributed by atoms with van der Waals surface area (Å²) >= 11 is 0. The zero-order valence-electron chi connectivity index (χ0n) is 18.2. The second-order valence-electron chi connectivity index (χ2n) is 6.98. The molecule has 1 fully saturated rings. The molecular formula is C19H27NO11. The van der Waals surface area contributed by atoms with Gasteiger partial charge in [-0.15, -0.1) is 0 Å². The summed E-state index contributed by atoms with van der Waals surface area (Å²) in [5, 5.41) is 2.56. The van der Waals surface area contributed by atoms with Crippen LogP contribution in [0.5, 0.6) is 0 Å². The van der Waals surface area contributed by atoms with Crippen molar-refractivity contribution in [2.24, 2.45) is 5.92 Å². The first-order valence-corrected chi connectivity index (χ1v) is 9.42. The number of carbonyl (C=O) groups is 6. The van der Waals surface area contributed by atoms with Gasteiger partial charge in [0.15, 0.2) is 18.3 Å². The molecule has 0 aliphatic heterocycles. The van der Waals surface area contributed by atoms with Crippen LogP contribution in [-0.4, -0.2) is 72.8 Å². The van der Waals surface area contributed by atoms with Crippen molar-refractivity contribution in [3.05, 3.63) is 0 Å². The van der Waals surface area contributed by atoms with Crippen molar-refractivity contribution < 1.29 is 52.5 Å². The maximum atomic E-state index is 11.9. The molecule has 1 rings (SSSR count).